The molecule has 0 bridgehead atoms. The highest BCUT2D eigenvalue weighted by Gasteiger charge is 2.32. The van der Waals surface area contributed by atoms with E-state index >= 15 is 0 Å². The molecule has 7 nitrogen and oxygen atoms in total. The van der Waals surface area contributed by atoms with Crippen LogP contribution in [0.25, 0.3) is 16.5 Å². The van der Waals surface area contributed by atoms with Gasteiger partial charge in [-0.1, -0.05) is 30.3 Å². The van der Waals surface area contributed by atoms with Gasteiger partial charge in [0.15, 0.2) is 11.5 Å². The number of hydrogen-bond acceptors (Lipinski definition) is 5. The van der Waals surface area contributed by atoms with Gasteiger partial charge in [-0.25, -0.2) is 4.99 Å². The van der Waals surface area contributed by atoms with Gasteiger partial charge in [-0.15, -0.1) is 0 Å². The molecule has 0 unspecified atom stereocenters. The van der Waals surface area contributed by atoms with Crippen molar-refractivity contribution in [3.63, 3.8) is 0 Å². The number of ether oxygens (including phenoxy) is 2. The number of aromatic nitrogens is 1. The Kier molecular flexibility index (Phi) is 4.41. The number of nitrogens with zero attached hydrogens (tertiary/aromatic N) is 1. The van der Waals surface area contributed by atoms with Crippen molar-refractivity contribution in [3.05, 3.63) is 65.5 Å². The molecular formula is C21H17N3O4. The molecule has 0 spiro atoms. The average Bonchev–Trinajstić information content (AvgIpc) is 3.24. The third kappa shape index (κ3) is 2.92. The summed E-state index contributed by atoms with van der Waals surface area (Å²) in [5.41, 5.74) is 2.44. The molecule has 1 aliphatic rings. The fourth-order valence-electron chi connectivity index (χ4n) is 3.15. The molecule has 0 saturated heterocycles. The van der Waals surface area contributed by atoms with Crippen LogP contribution < -0.4 is 14.8 Å². The van der Waals surface area contributed by atoms with Gasteiger partial charge in [-0.2, -0.15) is 0 Å². The summed E-state index contributed by atoms with van der Waals surface area (Å²) < 4.78 is 10.7. The number of benzene rings is 2. The molecule has 1 aliphatic heterocycles. The van der Waals surface area contributed by atoms with Crippen LogP contribution in [0, 0.1) is 0 Å². The Morgan fingerprint density at radius 2 is 1.68 bits per heavy atom. The monoisotopic (exact) mass is 375 g/mol. The highest BCUT2D eigenvalue weighted by molar-refractivity contribution is 6.37. The standard InChI is InChI=1S/C21H17N3O4/c1-27-16-8-13-14(11-22-15(13)9-17(16)28-2)18-19(21(26)24-20(18)25)23-10-12-6-4-3-5-7-12/h3-11,22H,1-2H3,(H,24,25,26). The minimum absolute atomic E-state index is 0.0736. The lowest BCUT2D eigenvalue weighted by Crippen LogP contribution is -2.22. The SMILES string of the molecule is COc1cc2[nH]cc(C3=C(N=Cc4ccccc4)C(=O)NC3=O)c2cc1OC. The number of imide groups is 1. The van der Waals surface area contributed by atoms with Crippen molar-refractivity contribution >= 4 is 34.5 Å². The largest absolute Gasteiger partial charge is 0.493 e. The zero-order valence-corrected chi connectivity index (χ0v) is 15.3. The number of hydrogen-bond donors (Lipinski definition) is 2. The molecule has 0 saturated carbocycles. The van der Waals surface area contributed by atoms with E-state index in [0.717, 1.165) is 16.5 Å². The third-order valence-corrected chi connectivity index (χ3v) is 4.50. The van der Waals surface area contributed by atoms with Crippen LogP contribution in [0.1, 0.15) is 11.1 Å². The molecule has 0 aliphatic carbocycles. The molecule has 4 rings (SSSR count). The highest BCUT2D eigenvalue weighted by atomic mass is 16.5. The van der Waals surface area contributed by atoms with Crippen LogP contribution >= 0.6 is 0 Å². The molecule has 3 aromatic rings. The Hall–Kier alpha value is -3.87. The van der Waals surface area contributed by atoms with E-state index < -0.39 is 11.8 Å². The zero-order chi connectivity index (χ0) is 19.7. The zero-order valence-electron chi connectivity index (χ0n) is 15.3. The summed E-state index contributed by atoms with van der Waals surface area (Å²) in [4.78, 5) is 32.2. The minimum atomic E-state index is -0.526. The summed E-state index contributed by atoms with van der Waals surface area (Å²) in [7, 11) is 3.09. The van der Waals surface area contributed by atoms with Gasteiger partial charge in [0.1, 0.15) is 5.70 Å². The number of amides is 2. The van der Waals surface area contributed by atoms with Crippen molar-refractivity contribution in [2.24, 2.45) is 4.99 Å². The second kappa shape index (κ2) is 7.03. The Labute approximate surface area is 160 Å². The summed E-state index contributed by atoms with van der Waals surface area (Å²) in [6.45, 7) is 0. The van der Waals surface area contributed by atoms with E-state index in [1.165, 1.54) is 7.11 Å². The predicted molar refractivity (Wildman–Crippen MR) is 106 cm³/mol. The van der Waals surface area contributed by atoms with Gasteiger partial charge in [0, 0.05) is 34.9 Å². The van der Waals surface area contributed by atoms with Gasteiger partial charge in [0.05, 0.1) is 19.8 Å². The van der Waals surface area contributed by atoms with Gasteiger partial charge in [-0.05, 0) is 11.6 Å². The van der Waals surface area contributed by atoms with Crippen LogP contribution in [0.5, 0.6) is 11.5 Å². The molecule has 140 valence electrons. The second-order valence-electron chi connectivity index (χ2n) is 6.13. The van der Waals surface area contributed by atoms with Crippen LogP contribution in [0.3, 0.4) is 0 Å². The Morgan fingerprint density at radius 1 is 0.964 bits per heavy atom. The first-order valence-corrected chi connectivity index (χ1v) is 8.55. The first kappa shape index (κ1) is 17.5. The van der Waals surface area contributed by atoms with Crippen LogP contribution in [0.2, 0.25) is 0 Å². The number of nitrogens with one attached hydrogen (secondary N) is 2. The number of fused-ring (bicyclic) bond motifs is 1. The van der Waals surface area contributed by atoms with Crippen molar-refractivity contribution in [2.75, 3.05) is 14.2 Å². The van der Waals surface area contributed by atoms with Gasteiger partial charge < -0.3 is 14.5 Å². The molecule has 28 heavy (non-hydrogen) atoms. The smallest absolute Gasteiger partial charge is 0.277 e. The van der Waals surface area contributed by atoms with Gasteiger partial charge in [-0.3, -0.25) is 14.9 Å². The van der Waals surface area contributed by atoms with Gasteiger partial charge in [0.25, 0.3) is 11.8 Å². The summed E-state index contributed by atoms with van der Waals surface area (Å²) in [6, 6.07) is 12.9. The van der Waals surface area contributed by atoms with E-state index in [1.807, 2.05) is 30.3 Å². The van der Waals surface area contributed by atoms with E-state index in [2.05, 4.69) is 15.3 Å². The molecular weight excluding hydrogens is 358 g/mol. The quantitative estimate of drug-likeness (QED) is 0.530. The lowest BCUT2D eigenvalue weighted by molar-refractivity contribution is -0.123. The van der Waals surface area contributed by atoms with Crippen LogP contribution in [-0.4, -0.2) is 37.2 Å². The van der Waals surface area contributed by atoms with E-state index in [-0.39, 0.29) is 11.3 Å². The molecule has 2 heterocycles. The van der Waals surface area contributed by atoms with E-state index in [9.17, 15) is 9.59 Å². The predicted octanol–water partition coefficient (Wildman–Crippen LogP) is 2.67. The van der Waals surface area contributed by atoms with Crippen LogP contribution in [-0.2, 0) is 9.59 Å². The van der Waals surface area contributed by atoms with Crippen molar-refractivity contribution < 1.29 is 19.1 Å². The maximum atomic E-state index is 12.5. The number of aromatic amines is 1. The van der Waals surface area contributed by atoms with Crippen molar-refractivity contribution in [2.45, 2.75) is 0 Å². The number of rotatable bonds is 5. The number of H-pyrrole nitrogens is 1. The maximum absolute atomic E-state index is 12.5. The molecule has 2 amide bonds. The first-order valence-electron chi connectivity index (χ1n) is 8.55. The number of methoxy groups -OCH3 is 2. The fraction of sp³-hybridized carbons (Fsp3) is 0.0952. The normalized spacial score (nSPS) is 14.2. The summed E-state index contributed by atoms with van der Waals surface area (Å²) >= 11 is 0. The Morgan fingerprint density at radius 3 is 2.39 bits per heavy atom. The molecule has 0 radical (unpaired) electrons. The summed E-state index contributed by atoms with van der Waals surface area (Å²) in [6.07, 6.45) is 3.24. The summed E-state index contributed by atoms with van der Waals surface area (Å²) in [5, 5.41) is 3.05. The van der Waals surface area contributed by atoms with Gasteiger partial charge >= 0.3 is 0 Å². The molecule has 1 aromatic heterocycles. The topological polar surface area (TPSA) is 92.8 Å². The number of carbonyl (C=O) groups is 2. The van der Waals surface area contributed by atoms with Crippen molar-refractivity contribution in [1.82, 2.24) is 10.3 Å². The van der Waals surface area contributed by atoms with Gasteiger partial charge in [0.2, 0.25) is 0 Å². The summed E-state index contributed by atoms with van der Waals surface area (Å²) in [5.74, 6) is 0.0741. The van der Waals surface area contributed by atoms with Crippen molar-refractivity contribution in [3.8, 4) is 11.5 Å². The van der Waals surface area contributed by atoms with Crippen LogP contribution in [0.15, 0.2) is 59.4 Å². The van der Waals surface area contributed by atoms with E-state index in [0.29, 0.717) is 17.1 Å². The molecule has 0 fully saturated rings. The highest BCUT2D eigenvalue weighted by Crippen LogP contribution is 2.37. The molecule has 7 heteroatoms. The lowest BCUT2D eigenvalue weighted by Gasteiger charge is -2.08. The fourth-order valence-corrected chi connectivity index (χ4v) is 3.15. The van der Waals surface area contributed by atoms with E-state index in [1.54, 1.807) is 31.7 Å². The van der Waals surface area contributed by atoms with Crippen LogP contribution in [0.4, 0.5) is 0 Å². The minimum Gasteiger partial charge on any atom is -0.493 e. The number of carbonyl (C=O) groups excluding carboxylic acids is 2. The maximum Gasteiger partial charge on any atom is 0.277 e. The third-order valence-electron chi connectivity index (χ3n) is 4.50. The average molecular weight is 375 g/mol. The lowest BCUT2D eigenvalue weighted by atomic mass is 10.0. The molecule has 2 N–H and O–H groups in total. The number of aliphatic imine (C=N–C) groups is 1. The Balaban J connectivity index is 1.87. The molecule has 0 atom stereocenters. The van der Waals surface area contributed by atoms with Crippen molar-refractivity contribution in [1.29, 1.82) is 0 Å². The second-order valence-corrected chi connectivity index (χ2v) is 6.13. The first-order chi connectivity index (χ1) is 13.6. The Bertz CT molecular complexity index is 1140. The van der Waals surface area contributed by atoms with E-state index in [4.69, 9.17) is 9.47 Å². The molecule has 2 aromatic carbocycles.